The monoisotopic (exact) mass is 442 g/mol. The topological polar surface area (TPSA) is 46.2 Å². The van der Waals surface area contributed by atoms with Crippen molar-refractivity contribution in [1.82, 2.24) is 0 Å². The molecule has 32 heavy (non-hydrogen) atoms. The molecule has 0 aliphatic rings. The van der Waals surface area contributed by atoms with Crippen molar-refractivity contribution in [3.8, 4) is 5.75 Å². The Hall–Kier alpha value is -2.18. The Kier molecular flexibility index (Phi) is 13.4. The molecule has 2 aromatic carbocycles. The maximum Gasteiger partial charge on any atom is 0.146 e. The molecule has 0 amide bonds. The molecule has 0 heterocycles. The van der Waals surface area contributed by atoms with Crippen molar-refractivity contribution in [1.29, 1.82) is 0 Å². The molecule has 176 valence electrons. The number of ether oxygens (including phenoxy) is 5. The van der Waals surface area contributed by atoms with Crippen molar-refractivity contribution < 1.29 is 23.7 Å². The van der Waals surface area contributed by atoms with Crippen LogP contribution in [0.1, 0.15) is 43.2 Å². The Labute approximate surface area is 193 Å². The Balaban J connectivity index is 1.80. The quantitative estimate of drug-likeness (QED) is 0.163. The van der Waals surface area contributed by atoms with Gasteiger partial charge in [0.2, 0.25) is 0 Å². The maximum absolute atomic E-state index is 6.30. The summed E-state index contributed by atoms with van der Waals surface area (Å²) in [5.41, 5.74) is 2.33. The summed E-state index contributed by atoms with van der Waals surface area (Å²) >= 11 is 0. The van der Waals surface area contributed by atoms with E-state index in [1.54, 1.807) is 14.2 Å². The van der Waals surface area contributed by atoms with E-state index in [1.165, 1.54) is 5.56 Å². The molecule has 0 unspecified atom stereocenters. The molecule has 0 saturated heterocycles. The van der Waals surface area contributed by atoms with E-state index in [-0.39, 0.29) is 19.0 Å². The summed E-state index contributed by atoms with van der Waals surface area (Å²) in [7, 11) is 3.31. The molecule has 2 aromatic rings. The zero-order valence-corrected chi connectivity index (χ0v) is 19.5. The van der Waals surface area contributed by atoms with Crippen molar-refractivity contribution >= 4 is 0 Å². The molecule has 0 spiro atoms. The van der Waals surface area contributed by atoms with Crippen LogP contribution < -0.4 is 4.74 Å². The van der Waals surface area contributed by atoms with E-state index in [9.17, 15) is 0 Å². The van der Waals surface area contributed by atoms with Crippen molar-refractivity contribution in [2.24, 2.45) is 0 Å². The molecule has 0 fully saturated rings. The Morgan fingerprint density at radius 3 is 2.28 bits per heavy atom. The van der Waals surface area contributed by atoms with Gasteiger partial charge < -0.3 is 23.7 Å². The lowest BCUT2D eigenvalue weighted by Crippen LogP contribution is -2.24. The molecule has 2 rings (SSSR count). The van der Waals surface area contributed by atoms with Gasteiger partial charge in [0.1, 0.15) is 12.5 Å². The highest BCUT2D eigenvalue weighted by molar-refractivity contribution is 5.26. The van der Waals surface area contributed by atoms with E-state index < -0.39 is 0 Å². The average Bonchev–Trinajstić information content (AvgIpc) is 2.84. The van der Waals surface area contributed by atoms with Gasteiger partial charge in [-0.25, -0.2) is 0 Å². The van der Waals surface area contributed by atoms with E-state index >= 15 is 0 Å². The number of benzene rings is 2. The Morgan fingerprint density at radius 2 is 1.59 bits per heavy atom. The summed E-state index contributed by atoms with van der Waals surface area (Å²) < 4.78 is 28.3. The van der Waals surface area contributed by atoms with Crippen LogP contribution in [0.3, 0.4) is 0 Å². The zero-order valence-electron chi connectivity index (χ0n) is 19.5. The normalized spacial score (nSPS) is 12.9. The molecule has 0 aromatic heterocycles. The van der Waals surface area contributed by atoms with Gasteiger partial charge in [-0.1, -0.05) is 48.5 Å². The molecule has 5 heteroatoms. The first kappa shape index (κ1) is 26.1. The van der Waals surface area contributed by atoms with Crippen molar-refractivity contribution in [3.63, 3.8) is 0 Å². The van der Waals surface area contributed by atoms with Gasteiger partial charge in [-0.05, 0) is 48.9 Å². The van der Waals surface area contributed by atoms with Crippen LogP contribution in [0.4, 0.5) is 0 Å². The van der Waals surface area contributed by atoms with E-state index in [2.05, 4.69) is 18.7 Å². The average molecular weight is 443 g/mol. The van der Waals surface area contributed by atoms with Crippen LogP contribution in [-0.4, -0.2) is 39.8 Å². The van der Waals surface area contributed by atoms with Crippen molar-refractivity contribution in [3.05, 3.63) is 78.4 Å². The van der Waals surface area contributed by atoms with Crippen LogP contribution in [0, 0.1) is 0 Å². The first-order chi connectivity index (χ1) is 15.7. The first-order valence-corrected chi connectivity index (χ1v) is 11.3. The van der Waals surface area contributed by atoms with Crippen LogP contribution in [-0.2, 0) is 32.2 Å². The fraction of sp³-hybridized carbons (Fsp3) is 0.481. The molecule has 0 N–H and O–H groups in total. The molecule has 0 radical (unpaired) electrons. The van der Waals surface area contributed by atoms with Gasteiger partial charge in [-0.15, -0.1) is 6.58 Å². The van der Waals surface area contributed by atoms with Gasteiger partial charge >= 0.3 is 0 Å². The third-order valence-corrected chi connectivity index (χ3v) is 5.20. The largest absolute Gasteiger partial charge is 0.497 e. The van der Waals surface area contributed by atoms with Gasteiger partial charge in [0.15, 0.2) is 0 Å². The lowest BCUT2D eigenvalue weighted by atomic mass is 10.0. The second kappa shape index (κ2) is 16.5. The van der Waals surface area contributed by atoms with Gasteiger partial charge in [0, 0.05) is 20.1 Å². The lowest BCUT2D eigenvalue weighted by molar-refractivity contribution is -0.0922. The predicted octanol–water partition coefficient (Wildman–Crippen LogP) is 5.92. The maximum atomic E-state index is 6.30. The summed E-state index contributed by atoms with van der Waals surface area (Å²) in [6.45, 7) is 6.09. The lowest BCUT2D eigenvalue weighted by Gasteiger charge is -2.24. The van der Waals surface area contributed by atoms with Gasteiger partial charge in [0.25, 0.3) is 0 Å². The van der Waals surface area contributed by atoms with Crippen LogP contribution in [0.15, 0.2) is 67.3 Å². The first-order valence-electron chi connectivity index (χ1n) is 11.3. The molecule has 2 atom stereocenters. The Morgan fingerprint density at radius 1 is 0.844 bits per heavy atom. The molecule has 0 aliphatic heterocycles. The second-order valence-electron chi connectivity index (χ2n) is 7.77. The highest BCUT2D eigenvalue weighted by Gasteiger charge is 2.17. The van der Waals surface area contributed by atoms with E-state index in [4.69, 9.17) is 23.7 Å². The highest BCUT2D eigenvalue weighted by atomic mass is 16.7. The van der Waals surface area contributed by atoms with Crippen molar-refractivity contribution in [2.75, 3.05) is 27.6 Å². The molecule has 0 aliphatic carbocycles. The smallest absolute Gasteiger partial charge is 0.146 e. The molecule has 5 nitrogen and oxygen atoms in total. The SMILES string of the molecule is C=CC[C@@H](C[C@H](CCCCOCc1ccccc1)OCc1ccc(OC)cc1)OCOC. The fourth-order valence-electron chi connectivity index (χ4n) is 3.42. The summed E-state index contributed by atoms with van der Waals surface area (Å²) in [5.74, 6) is 0.847. The van der Waals surface area contributed by atoms with Crippen molar-refractivity contribution in [2.45, 2.75) is 57.5 Å². The number of rotatable bonds is 18. The number of methoxy groups -OCH3 is 2. The molecular formula is C27H38O5. The van der Waals surface area contributed by atoms with Crippen LogP contribution >= 0.6 is 0 Å². The minimum absolute atomic E-state index is 0.0302. The number of hydrogen-bond acceptors (Lipinski definition) is 5. The molecule has 0 bridgehead atoms. The van der Waals surface area contributed by atoms with Gasteiger partial charge in [-0.2, -0.15) is 0 Å². The third-order valence-electron chi connectivity index (χ3n) is 5.20. The number of unbranched alkanes of at least 4 members (excludes halogenated alkanes) is 1. The fourth-order valence-corrected chi connectivity index (χ4v) is 3.42. The minimum Gasteiger partial charge on any atom is -0.497 e. The predicted molar refractivity (Wildman–Crippen MR) is 128 cm³/mol. The van der Waals surface area contributed by atoms with Crippen LogP contribution in [0.25, 0.3) is 0 Å². The summed E-state index contributed by atoms with van der Waals surface area (Å²) in [6.07, 6.45) is 6.57. The van der Waals surface area contributed by atoms with E-state index in [0.29, 0.717) is 13.2 Å². The minimum atomic E-state index is 0.0302. The van der Waals surface area contributed by atoms with Gasteiger partial charge in [0.05, 0.1) is 32.5 Å². The second-order valence-corrected chi connectivity index (χ2v) is 7.77. The summed E-state index contributed by atoms with van der Waals surface area (Å²) in [5, 5.41) is 0. The van der Waals surface area contributed by atoms with E-state index in [0.717, 1.165) is 50.0 Å². The summed E-state index contributed by atoms with van der Waals surface area (Å²) in [4.78, 5) is 0. The number of hydrogen-bond donors (Lipinski definition) is 0. The third kappa shape index (κ3) is 10.9. The van der Waals surface area contributed by atoms with E-state index in [1.807, 2.05) is 48.5 Å². The molecular weight excluding hydrogens is 404 g/mol. The summed E-state index contributed by atoms with van der Waals surface area (Å²) in [6, 6.07) is 18.3. The molecule has 0 saturated carbocycles. The van der Waals surface area contributed by atoms with Crippen LogP contribution in [0.5, 0.6) is 5.75 Å². The zero-order chi connectivity index (χ0) is 22.9. The standard InChI is InChI=1S/C27H38O5/c1-4-10-26(32-22-28-2)19-27(31-21-24-14-16-25(29-3)17-15-24)13-8-9-18-30-20-23-11-6-5-7-12-23/h4-7,11-12,14-17,26-27H,1,8-10,13,18-22H2,2-3H3/t26-,27-/m0/s1. The van der Waals surface area contributed by atoms with Crippen LogP contribution in [0.2, 0.25) is 0 Å². The Bertz CT molecular complexity index is 717. The van der Waals surface area contributed by atoms with Gasteiger partial charge in [-0.3, -0.25) is 0 Å². The highest BCUT2D eigenvalue weighted by Crippen LogP contribution is 2.19.